The molecule has 1 amide bonds. The third-order valence-corrected chi connectivity index (χ3v) is 9.29. The molecule has 7 nitrogen and oxygen atoms in total. The van der Waals surface area contributed by atoms with Crippen molar-refractivity contribution in [2.45, 2.75) is 83.2 Å². The third-order valence-electron chi connectivity index (χ3n) is 9.29. The van der Waals surface area contributed by atoms with Crippen LogP contribution < -0.4 is 10.9 Å². The molecule has 2 aromatic carbocycles. The van der Waals surface area contributed by atoms with Crippen molar-refractivity contribution < 1.29 is 45.1 Å². The van der Waals surface area contributed by atoms with Crippen LogP contribution in [0.5, 0.6) is 0 Å². The number of carbonyl (C=O) groups is 2. The lowest BCUT2D eigenvalue weighted by Crippen LogP contribution is -2.49. The first-order chi connectivity index (χ1) is 25.6. The average molecular weight is 764 g/mol. The Labute approximate surface area is 309 Å². The van der Waals surface area contributed by atoms with Crippen LogP contribution in [0, 0.1) is 24.4 Å². The van der Waals surface area contributed by atoms with Gasteiger partial charge in [0, 0.05) is 49.1 Å². The molecule has 0 spiro atoms. The largest absolute Gasteiger partial charge is 0.466 e. The number of nitrogens with one attached hydrogen (secondary N) is 1. The predicted octanol–water partition coefficient (Wildman–Crippen LogP) is 8.28. The smallest absolute Gasteiger partial charge is 0.416 e. The van der Waals surface area contributed by atoms with Crippen LogP contribution in [0.15, 0.2) is 66.6 Å². The van der Waals surface area contributed by atoms with Crippen LogP contribution in [0.2, 0.25) is 0 Å². The number of rotatable bonds is 18. The van der Waals surface area contributed by atoms with Gasteiger partial charge in [0.15, 0.2) is 0 Å². The molecule has 0 radical (unpaired) electrons. The Morgan fingerprint density at radius 3 is 2.37 bits per heavy atom. The molecule has 1 saturated heterocycles. The summed E-state index contributed by atoms with van der Waals surface area (Å²) >= 11 is 0. The van der Waals surface area contributed by atoms with Crippen molar-refractivity contribution in [2.75, 3.05) is 26.2 Å². The minimum absolute atomic E-state index is 0.00852. The number of aromatic nitrogens is 1. The average Bonchev–Trinajstić information content (AvgIpc) is 3.08. The molecule has 0 saturated carbocycles. The van der Waals surface area contributed by atoms with Crippen LogP contribution in [0.25, 0.3) is 11.1 Å². The highest BCUT2D eigenvalue weighted by Gasteiger charge is 2.36. The Morgan fingerprint density at radius 2 is 1.74 bits per heavy atom. The number of ether oxygens (including phenoxy) is 1. The molecule has 4 rings (SSSR count). The summed E-state index contributed by atoms with van der Waals surface area (Å²) < 4.78 is 107. The number of esters is 1. The number of allylic oxidation sites excluding steroid dienone is 2. The normalized spacial score (nSPS) is 14.6. The van der Waals surface area contributed by atoms with E-state index in [0.29, 0.717) is 37.0 Å². The van der Waals surface area contributed by atoms with Crippen molar-refractivity contribution in [1.29, 1.82) is 0 Å². The number of hydrogen-bond acceptors (Lipinski definition) is 5. The fourth-order valence-electron chi connectivity index (χ4n) is 6.61. The van der Waals surface area contributed by atoms with Gasteiger partial charge in [0.25, 0.3) is 5.56 Å². The number of likely N-dealkylation sites (tertiary alicyclic amines) is 1. The number of alkyl halides is 4. The standard InChI is InChI=1S/C40H44F7N3O4/c1-5-8-9-10-12-25-16-28(41)18-32(43)37(25)27-15-24(4)38(44)30(17-27)33(20-36(52)54-7-3)48-39(53)34(11-6-2)50-21-26(13-14-49-22-29(42)23-49)31(19-35(50)51)40(45,46)47/h5-6,15-19,21,29,33-34H,1-2,7-14,20,22-23H2,3-4H3,(H,48,53)/t33-,34-/m0/s1. The fraction of sp³-hybridized carbons (Fsp3) is 0.425. The number of pyridine rings is 1. The lowest BCUT2D eigenvalue weighted by atomic mass is 9.90. The van der Waals surface area contributed by atoms with E-state index in [2.05, 4.69) is 18.5 Å². The van der Waals surface area contributed by atoms with E-state index >= 15 is 8.78 Å². The van der Waals surface area contributed by atoms with E-state index in [1.165, 1.54) is 38.1 Å². The molecule has 2 heterocycles. The second kappa shape index (κ2) is 18.5. The molecular weight excluding hydrogens is 719 g/mol. The molecule has 1 aliphatic rings. The van der Waals surface area contributed by atoms with E-state index in [0.717, 1.165) is 10.8 Å². The van der Waals surface area contributed by atoms with Crippen LogP contribution in [0.4, 0.5) is 30.7 Å². The van der Waals surface area contributed by atoms with Crippen molar-refractivity contribution in [3.63, 3.8) is 0 Å². The summed E-state index contributed by atoms with van der Waals surface area (Å²) in [6.45, 7) is 10.4. The number of nitrogens with zero attached hydrogens (tertiary/aromatic N) is 2. The summed E-state index contributed by atoms with van der Waals surface area (Å²) in [5.74, 6) is -4.35. The second-order valence-electron chi connectivity index (χ2n) is 13.3. The number of carbonyl (C=O) groups excluding carboxylic acids is 2. The van der Waals surface area contributed by atoms with E-state index in [-0.39, 0.29) is 73.3 Å². The first-order valence-corrected chi connectivity index (χ1v) is 17.7. The first-order valence-electron chi connectivity index (χ1n) is 17.7. The maximum atomic E-state index is 16.1. The van der Waals surface area contributed by atoms with Crippen molar-refractivity contribution in [3.8, 4) is 11.1 Å². The monoisotopic (exact) mass is 763 g/mol. The van der Waals surface area contributed by atoms with Gasteiger partial charge in [-0.25, -0.2) is 17.6 Å². The molecular formula is C40H44F7N3O4. The zero-order chi connectivity index (χ0) is 39.7. The molecule has 54 heavy (non-hydrogen) atoms. The fourth-order valence-corrected chi connectivity index (χ4v) is 6.61. The maximum Gasteiger partial charge on any atom is 0.416 e. The van der Waals surface area contributed by atoms with Gasteiger partial charge in [-0.2, -0.15) is 13.2 Å². The number of aryl methyl sites for hydroxylation is 2. The topological polar surface area (TPSA) is 80.6 Å². The zero-order valence-corrected chi connectivity index (χ0v) is 30.2. The lowest BCUT2D eigenvalue weighted by molar-refractivity contribution is -0.144. The van der Waals surface area contributed by atoms with Gasteiger partial charge in [-0.1, -0.05) is 12.2 Å². The summed E-state index contributed by atoms with van der Waals surface area (Å²) in [6.07, 6.45) is -0.867. The van der Waals surface area contributed by atoms with Gasteiger partial charge in [0.1, 0.15) is 29.7 Å². The highest BCUT2D eigenvalue weighted by Crippen LogP contribution is 2.36. The van der Waals surface area contributed by atoms with E-state index in [4.69, 9.17) is 4.74 Å². The Bertz CT molecular complexity index is 1900. The third kappa shape index (κ3) is 10.5. The summed E-state index contributed by atoms with van der Waals surface area (Å²) in [5, 5.41) is 2.58. The van der Waals surface area contributed by atoms with Gasteiger partial charge in [-0.15, -0.1) is 13.2 Å². The van der Waals surface area contributed by atoms with Gasteiger partial charge in [-0.05, 0) is 92.8 Å². The molecule has 1 fully saturated rings. The Morgan fingerprint density at radius 1 is 1.02 bits per heavy atom. The number of halogens is 7. The summed E-state index contributed by atoms with van der Waals surface area (Å²) in [5.41, 5.74) is -2.40. The minimum Gasteiger partial charge on any atom is -0.466 e. The molecule has 1 aliphatic heterocycles. The molecule has 0 unspecified atom stereocenters. The highest BCUT2D eigenvalue weighted by molar-refractivity contribution is 5.82. The SMILES string of the molecule is C=CCCCCc1cc(F)cc(F)c1-c1cc(C)c(F)c([C@H](CC(=O)OCC)NC(=O)[C@H](CC=C)n2cc(CCN3CC(F)C3)c(C(F)(F)F)cc2=O)c1. The van der Waals surface area contributed by atoms with Crippen LogP contribution >= 0.6 is 0 Å². The number of unbranched alkanes of at least 4 members (excludes halogenated alkanes) is 2. The van der Waals surface area contributed by atoms with Crippen LogP contribution in [-0.4, -0.2) is 53.8 Å². The van der Waals surface area contributed by atoms with E-state index in [9.17, 15) is 36.3 Å². The molecule has 292 valence electrons. The molecule has 0 aliphatic carbocycles. The van der Waals surface area contributed by atoms with E-state index < -0.39 is 71.3 Å². The molecule has 14 heteroatoms. The van der Waals surface area contributed by atoms with Gasteiger partial charge < -0.3 is 14.6 Å². The van der Waals surface area contributed by atoms with Gasteiger partial charge in [-0.3, -0.25) is 19.3 Å². The van der Waals surface area contributed by atoms with Crippen molar-refractivity contribution in [1.82, 2.24) is 14.8 Å². The van der Waals surface area contributed by atoms with Crippen LogP contribution in [0.1, 0.15) is 78.9 Å². The molecule has 2 atom stereocenters. The Hall–Kier alpha value is -4.72. The molecule has 3 aromatic rings. The molecule has 0 bridgehead atoms. The van der Waals surface area contributed by atoms with E-state index in [1.54, 1.807) is 11.0 Å². The first kappa shape index (κ1) is 42.0. The van der Waals surface area contributed by atoms with Gasteiger partial charge >= 0.3 is 12.1 Å². The second-order valence-corrected chi connectivity index (χ2v) is 13.3. The lowest BCUT2D eigenvalue weighted by Gasteiger charge is -2.34. The van der Waals surface area contributed by atoms with E-state index in [1.807, 2.05) is 0 Å². The number of benzene rings is 2. The summed E-state index contributed by atoms with van der Waals surface area (Å²) in [4.78, 5) is 41.7. The number of amides is 1. The highest BCUT2D eigenvalue weighted by atomic mass is 19.4. The predicted molar refractivity (Wildman–Crippen MR) is 191 cm³/mol. The molecule has 1 aromatic heterocycles. The van der Waals surface area contributed by atoms with Crippen molar-refractivity contribution >= 4 is 11.9 Å². The zero-order valence-electron chi connectivity index (χ0n) is 30.2. The van der Waals surface area contributed by atoms with Crippen LogP contribution in [0.3, 0.4) is 0 Å². The number of hydrogen-bond donors (Lipinski definition) is 1. The maximum absolute atomic E-state index is 16.1. The van der Waals surface area contributed by atoms with Crippen molar-refractivity contribution in [3.05, 3.63) is 117 Å². The van der Waals surface area contributed by atoms with Crippen LogP contribution in [-0.2, 0) is 33.3 Å². The Balaban J connectivity index is 1.78. The Kier molecular flexibility index (Phi) is 14.4. The quantitative estimate of drug-likeness (QED) is 0.0611. The summed E-state index contributed by atoms with van der Waals surface area (Å²) in [6, 6.07) is 1.94. The summed E-state index contributed by atoms with van der Waals surface area (Å²) in [7, 11) is 0. The minimum atomic E-state index is -4.90. The van der Waals surface area contributed by atoms with Crippen molar-refractivity contribution in [2.24, 2.45) is 0 Å². The van der Waals surface area contributed by atoms with Gasteiger partial charge in [0.2, 0.25) is 5.91 Å². The molecule has 1 N–H and O–H groups in total. The van der Waals surface area contributed by atoms with Gasteiger partial charge in [0.05, 0.1) is 24.6 Å².